The van der Waals surface area contributed by atoms with Crippen molar-refractivity contribution in [3.05, 3.63) is 28.5 Å². The normalized spacial score (nSPS) is 17.3. The van der Waals surface area contributed by atoms with Crippen molar-refractivity contribution in [3.8, 4) is 0 Å². The monoisotopic (exact) mass is 350 g/mol. The van der Waals surface area contributed by atoms with Crippen molar-refractivity contribution in [2.24, 2.45) is 7.05 Å². The Morgan fingerprint density at radius 2 is 2.14 bits per heavy atom. The van der Waals surface area contributed by atoms with Crippen LogP contribution in [0.2, 0.25) is 0 Å². The molecular formula is C16H19BrN2O2. The largest absolute Gasteiger partial charge is 0.465 e. The van der Waals surface area contributed by atoms with E-state index in [0.717, 1.165) is 47.0 Å². The Kier molecular flexibility index (Phi) is 3.78. The zero-order chi connectivity index (χ0) is 15.0. The lowest BCUT2D eigenvalue weighted by Crippen LogP contribution is -2.37. The molecule has 0 radical (unpaired) electrons. The quantitative estimate of drug-likeness (QED) is 0.792. The number of aryl methyl sites for hydroxylation is 1. The molecule has 1 aliphatic carbocycles. The van der Waals surface area contributed by atoms with Crippen LogP contribution < -0.4 is 0 Å². The number of hydrogen-bond acceptors (Lipinski definition) is 3. The first-order valence-corrected chi connectivity index (χ1v) is 8.17. The summed E-state index contributed by atoms with van der Waals surface area (Å²) in [6, 6.07) is 6.02. The fourth-order valence-corrected chi connectivity index (χ4v) is 3.72. The lowest BCUT2D eigenvalue weighted by atomic mass is 9.85. The summed E-state index contributed by atoms with van der Waals surface area (Å²) in [5.41, 5.74) is 1.39. The van der Waals surface area contributed by atoms with Gasteiger partial charge in [0.1, 0.15) is 11.2 Å². The third-order valence-corrected chi connectivity index (χ3v) is 4.89. The number of nitrogens with zero attached hydrogens (tertiary/aromatic N) is 2. The minimum Gasteiger partial charge on any atom is -0.465 e. The molecule has 1 aromatic heterocycles. The summed E-state index contributed by atoms with van der Waals surface area (Å²) >= 11 is 3.48. The van der Waals surface area contributed by atoms with Crippen molar-refractivity contribution in [3.63, 3.8) is 0 Å². The highest BCUT2D eigenvalue weighted by molar-refractivity contribution is 9.10. The number of aromatic nitrogens is 2. The summed E-state index contributed by atoms with van der Waals surface area (Å²) in [7, 11) is 1.98. The molecule has 1 aliphatic rings. The lowest BCUT2D eigenvalue weighted by Gasteiger charge is -2.25. The molecule has 1 aromatic carbocycles. The molecule has 3 rings (SSSR count). The Morgan fingerprint density at radius 1 is 1.43 bits per heavy atom. The molecule has 0 bridgehead atoms. The fraction of sp³-hybridized carbons (Fsp3) is 0.500. The van der Waals surface area contributed by atoms with Gasteiger partial charge in [-0.3, -0.25) is 4.79 Å². The highest BCUT2D eigenvalue weighted by Gasteiger charge is 2.47. The maximum absolute atomic E-state index is 12.6. The number of fused-ring (bicyclic) bond motifs is 1. The third-order valence-electron chi connectivity index (χ3n) is 4.39. The second kappa shape index (κ2) is 5.44. The Balaban J connectivity index is 2.16. The minimum atomic E-state index is -0.573. The van der Waals surface area contributed by atoms with E-state index in [1.54, 1.807) is 0 Å². The number of halogens is 1. The first-order chi connectivity index (χ1) is 10.1. The first-order valence-electron chi connectivity index (χ1n) is 7.38. The van der Waals surface area contributed by atoms with Crippen molar-refractivity contribution < 1.29 is 9.53 Å². The molecular weight excluding hydrogens is 332 g/mol. The van der Waals surface area contributed by atoms with Crippen LogP contribution >= 0.6 is 15.9 Å². The van der Waals surface area contributed by atoms with Gasteiger partial charge in [-0.1, -0.05) is 28.8 Å². The van der Waals surface area contributed by atoms with Gasteiger partial charge < -0.3 is 9.30 Å². The van der Waals surface area contributed by atoms with Crippen molar-refractivity contribution in [2.75, 3.05) is 6.61 Å². The van der Waals surface area contributed by atoms with Crippen LogP contribution in [0.25, 0.3) is 11.0 Å². The van der Waals surface area contributed by atoms with Crippen molar-refractivity contribution in [2.45, 2.75) is 38.0 Å². The molecule has 1 heterocycles. The Labute approximate surface area is 132 Å². The van der Waals surface area contributed by atoms with Gasteiger partial charge in [0.2, 0.25) is 0 Å². The van der Waals surface area contributed by atoms with Crippen LogP contribution in [0.1, 0.15) is 38.4 Å². The van der Waals surface area contributed by atoms with Gasteiger partial charge in [-0.25, -0.2) is 4.98 Å². The zero-order valence-corrected chi connectivity index (χ0v) is 13.9. The van der Waals surface area contributed by atoms with E-state index in [0.29, 0.717) is 6.61 Å². The van der Waals surface area contributed by atoms with Gasteiger partial charge >= 0.3 is 5.97 Å². The van der Waals surface area contributed by atoms with Crippen LogP contribution in [0.4, 0.5) is 0 Å². The summed E-state index contributed by atoms with van der Waals surface area (Å²) in [6.07, 6.45) is 3.74. The summed E-state index contributed by atoms with van der Waals surface area (Å²) in [6.45, 7) is 2.27. The minimum absolute atomic E-state index is 0.125. The second-order valence-corrected chi connectivity index (χ2v) is 6.55. The SMILES string of the molecule is CCOC(=O)C1(c2nc3cc(Br)ccc3n2C)CCCC1. The lowest BCUT2D eigenvalue weighted by molar-refractivity contribution is -0.150. The van der Waals surface area contributed by atoms with Crippen LogP contribution in [0, 0.1) is 0 Å². The van der Waals surface area contributed by atoms with Crippen LogP contribution in [-0.2, 0) is 22.0 Å². The van der Waals surface area contributed by atoms with E-state index in [2.05, 4.69) is 15.9 Å². The van der Waals surface area contributed by atoms with Crippen molar-refractivity contribution in [1.82, 2.24) is 9.55 Å². The molecule has 5 heteroatoms. The molecule has 0 amide bonds. The molecule has 0 saturated heterocycles. The average Bonchev–Trinajstić information content (AvgIpc) is 3.05. The molecule has 1 fully saturated rings. The third kappa shape index (κ3) is 2.27. The molecule has 0 unspecified atom stereocenters. The van der Waals surface area contributed by atoms with Gasteiger partial charge in [-0.2, -0.15) is 0 Å². The van der Waals surface area contributed by atoms with E-state index in [1.165, 1.54) is 0 Å². The molecule has 0 N–H and O–H groups in total. The molecule has 0 spiro atoms. The van der Waals surface area contributed by atoms with Crippen LogP contribution in [0.15, 0.2) is 22.7 Å². The maximum Gasteiger partial charge on any atom is 0.319 e. The molecule has 4 nitrogen and oxygen atoms in total. The number of carbonyl (C=O) groups is 1. The zero-order valence-electron chi connectivity index (χ0n) is 12.4. The predicted octanol–water partition coefficient (Wildman–Crippen LogP) is 3.71. The predicted molar refractivity (Wildman–Crippen MR) is 85.2 cm³/mol. The number of hydrogen-bond donors (Lipinski definition) is 0. The fourth-order valence-electron chi connectivity index (χ4n) is 3.37. The first kappa shape index (κ1) is 14.6. The summed E-state index contributed by atoms with van der Waals surface area (Å²) in [5.74, 6) is 0.714. The van der Waals surface area contributed by atoms with Crippen LogP contribution in [-0.4, -0.2) is 22.1 Å². The summed E-state index contributed by atoms with van der Waals surface area (Å²) in [5, 5.41) is 0. The van der Waals surface area contributed by atoms with Crippen molar-refractivity contribution in [1.29, 1.82) is 0 Å². The highest BCUT2D eigenvalue weighted by Crippen LogP contribution is 2.42. The van der Waals surface area contributed by atoms with E-state index in [-0.39, 0.29) is 5.97 Å². The molecule has 1 saturated carbocycles. The summed E-state index contributed by atoms with van der Waals surface area (Å²) in [4.78, 5) is 17.3. The molecule has 0 atom stereocenters. The molecule has 21 heavy (non-hydrogen) atoms. The number of imidazole rings is 1. The van der Waals surface area contributed by atoms with Gasteiger partial charge in [-0.15, -0.1) is 0 Å². The molecule has 2 aromatic rings. The van der Waals surface area contributed by atoms with Crippen molar-refractivity contribution >= 4 is 32.9 Å². The number of esters is 1. The Hall–Kier alpha value is -1.36. The van der Waals surface area contributed by atoms with Gasteiger partial charge in [0.25, 0.3) is 0 Å². The van der Waals surface area contributed by atoms with Crippen LogP contribution in [0.5, 0.6) is 0 Å². The number of carbonyl (C=O) groups excluding carboxylic acids is 1. The average molecular weight is 351 g/mol. The Bertz CT molecular complexity index is 687. The molecule has 0 aliphatic heterocycles. The number of ether oxygens (including phenoxy) is 1. The van der Waals surface area contributed by atoms with E-state index in [1.807, 2.05) is 36.7 Å². The second-order valence-electron chi connectivity index (χ2n) is 5.64. The van der Waals surface area contributed by atoms with E-state index < -0.39 is 5.41 Å². The number of rotatable bonds is 3. The molecule has 112 valence electrons. The topological polar surface area (TPSA) is 44.1 Å². The van der Waals surface area contributed by atoms with E-state index in [9.17, 15) is 4.79 Å². The van der Waals surface area contributed by atoms with Gasteiger partial charge in [-0.05, 0) is 38.0 Å². The van der Waals surface area contributed by atoms with Crippen LogP contribution in [0.3, 0.4) is 0 Å². The Morgan fingerprint density at radius 3 is 2.81 bits per heavy atom. The standard InChI is InChI=1S/C16H19BrN2O2/c1-3-21-15(20)16(8-4-5-9-16)14-18-12-10-11(17)6-7-13(12)19(14)2/h6-7,10H,3-5,8-9H2,1-2H3. The maximum atomic E-state index is 12.6. The van der Waals surface area contributed by atoms with Gasteiger partial charge in [0, 0.05) is 11.5 Å². The van der Waals surface area contributed by atoms with Gasteiger partial charge in [0.05, 0.1) is 17.6 Å². The van der Waals surface area contributed by atoms with E-state index in [4.69, 9.17) is 9.72 Å². The highest BCUT2D eigenvalue weighted by atomic mass is 79.9. The summed E-state index contributed by atoms with van der Waals surface area (Å²) < 4.78 is 8.40. The van der Waals surface area contributed by atoms with Gasteiger partial charge in [0.15, 0.2) is 0 Å². The van der Waals surface area contributed by atoms with E-state index >= 15 is 0 Å². The number of benzene rings is 1. The smallest absolute Gasteiger partial charge is 0.319 e.